The molecule has 0 unspecified atom stereocenters. The van der Waals surface area contributed by atoms with Crippen LogP contribution in [-0.2, 0) is 12.5 Å². The van der Waals surface area contributed by atoms with E-state index in [4.69, 9.17) is 19.1 Å². The van der Waals surface area contributed by atoms with Crippen LogP contribution >= 0.6 is 30.4 Å². The fourth-order valence-corrected chi connectivity index (χ4v) is 79.0. The van der Waals surface area contributed by atoms with E-state index in [2.05, 4.69) is 0 Å². The van der Waals surface area contributed by atoms with Gasteiger partial charge in [0.05, 0.1) is 0 Å². The van der Waals surface area contributed by atoms with E-state index in [-0.39, 0.29) is 0 Å². The van der Waals surface area contributed by atoms with Crippen LogP contribution in [0.25, 0.3) is 0 Å². The maximum atomic E-state index is 12.1. The van der Waals surface area contributed by atoms with Crippen molar-refractivity contribution in [3.63, 3.8) is 0 Å². The van der Waals surface area contributed by atoms with Gasteiger partial charge in [-0.3, -0.25) is 0 Å². The van der Waals surface area contributed by atoms with Gasteiger partial charge in [-0.25, -0.2) is 0 Å². The van der Waals surface area contributed by atoms with E-state index >= 15 is 0 Å². The Morgan fingerprint density at radius 1 is 0.522 bits per heavy atom. The Bertz CT molecular complexity index is 373. The first-order valence-corrected chi connectivity index (χ1v) is 20.2. The second-order valence-corrected chi connectivity index (χ2v) is 44.6. The van der Waals surface area contributed by atoms with Crippen molar-refractivity contribution in [3.05, 3.63) is 0 Å². The second-order valence-electron chi connectivity index (χ2n) is 10.5. The SMILES string of the molecule is CC(C)(C)[PH](O)(C(C)(C)C)[Pd]([Cl])([Cl])[PH](O)(C(C)(C)C)C(C)(C)C. The van der Waals surface area contributed by atoms with Gasteiger partial charge < -0.3 is 0 Å². The van der Waals surface area contributed by atoms with Crippen molar-refractivity contribution < 1.29 is 22.3 Å². The summed E-state index contributed by atoms with van der Waals surface area (Å²) in [4.78, 5) is 24.2. The van der Waals surface area contributed by atoms with Crippen molar-refractivity contribution in [2.75, 3.05) is 0 Å². The van der Waals surface area contributed by atoms with E-state index < -0.39 is 44.5 Å². The number of rotatable bonds is 2. The molecule has 0 aliphatic heterocycles. The summed E-state index contributed by atoms with van der Waals surface area (Å²) >= 11 is -3.57. The predicted octanol–water partition coefficient (Wildman–Crippen LogP) is 6.79. The fourth-order valence-electron chi connectivity index (χ4n) is 3.61. The zero-order valence-corrected chi connectivity index (χ0v) is 22.0. The second kappa shape index (κ2) is 6.57. The Morgan fingerprint density at radius 3 is 0.739 bits per heavy atom. The van der Waals surface area contributed by atoms with Gasteiger partial charge in [0.2, 0.25) is 0 Å². The maximum absolute atomic E-state index is 12.1. The van der Waals surface area contributed by atoms with E-state index in [9.17, 15) is 9.79 Å². The summed E-state index contributed by atoms with van der Waals surface area (Å²) < 4.78 is 0. The molecule has 0 atom stereocenters. The van der Waals surface area contributed by atoms with Crippen LogP contribution in [0.2, 0.25) is 0 Å². The molecule has 0 aromatic rings. The quantitative estimate of drug-likeness (QED) is 0.322. The zero-order chi connectivity index (χ0) is 19.5. The van der Waals surface area contributed by atoms with Crippen LogP contribution in [0.1, 0.15) is 83.1 Å². The molecule has 150 valence electrons. The van der Waals surface area contributed by atoms with Gasteiger partial charge in [0.25, 0.3) is 0 Å². The van der Waals surface area contributed by atoms with Crippen LogP contribution in [0.4, 0.5) is 0 Å². The molecule has 0 aliphatic carbocycles. The minimum absolute atomic E-state index is 0.413. The first kappa shape index (κ1) is 25.0. The summed E-state index contributed by atoms with van der Waals surface area (Å²) in [7, 11) is 14.5. The topological polar surface area (TPSA) is 40.5 Å². The van der Waals surface area contributed by atoms with E-state index in [1.165, 1.54) is 0 Å². The molecule has 0 bridgehead atoms. The van der Waals surface area contributed by atoms with E-state index in [1.54, 1.807) is 0 Å². The molecular formula is C16H40Cl2O2P2Pd. The standard InChI is InChI=1S/2C8H19OP.2ClH.Pd/c2*1-7(2,3)10(9)8(4,5)6;;;/h2*9H,1-6H3;2*1H;. The van der Waals surface area contributed by atoms with Gasteiger partial charge in [-0.15, -0.1) is 0 Å². The molecule has 0 fully saturated rings. The van der Waals surface area contributed by atoms with E-state index in [0.717, 1.165) is 0 Å². The minimum atomic E-state index is -3.57. The molecule has 0 aliphatic rings. The average Bonchev–Trinajstić information content (AvgIpc) is 2.19. The summed E-state index contributed by atoms with van der Waals surface area (Å²) in [5.41, 5.74) is -6.49. The summed E-state index contributed by atoms with van der Waals surface area (Å²) in [6, 6.07) is 0. The van der Waals surface area contributed by atoms with Gasteiger partial charge in [-0.2, -0.15) is 0 Å². The van der Waals surface area contributed by atoms with Crippen molar-refractivity contribution >= 4 is 30.4 Å². The molecular weight excluding hydrogens is 463 g/mol. The fraction of sp³-hybridized carbons (Fsp3) is 1.00. The molecule has 7 heteroatoms. The summed E-state index contributed by atoms with van der Waals surface area (Å²) in [5, 5.41) is -1.65. The van der Waals surface area contributed by atoms with Gasteiger partial charge in [-0.1, -0.05) is 0 Å². The Labute approximate surface area is 155 Å². The van der Waals surface area contributed by atoms with Gasteiger partial charge >= 0.3 is 156 Å². The van der Waals surface area contributed by atoms with Gasteiger partial charge in [-0.05, 0) is 0 Å². The zero-order valence-electron chi connectivity index (χ0n) is 17.0. The van der Waals surface area contributed by atoms with Crippen LogP contribution < -0.4 is 0 Å². The summed E-state index contributed by atoms with van der Waals surface area (Å²) in [5.74, 6) is 0. The van der Waals surface area contributed by atoms with Crippen LogP contribution in [-0.4, -0.2) is 30.4 Å². The van der Waals surface area contributed by atoms with Crippen molar-refractivity contribution in [2.24, 2.45) is 0 Å². The van der Waals surface area contributed by atoms with Gasteiger partial charge in [0.15, 0.2) is 0 Å². The van der Waals surface area contributed by atoms with E-state index in [1.807, 2.05) is 83.1 Å². The third-order valence-electron chi connectivity index (χ3n) is 4.37. The monoisotopic (exact) mass is 502 g/mol. The Balaban J connectivity index is 6.94. The van der Waals surface area contributed by atoms with E-state index in [0.29, 0.717) is 0 Å². The summed E-state index contributed by atoms with van der Waals surface area (Å²) in [6.07, 6.45) is 0. The third-order valence-corrected chi connectivity index (χ3v) is 56.0. The first-order valence-electron chi connectivity index (χ1n) is 8.00. The number of hydrogen-bond acceptors (Lipinski definition) is 2. The van der Waals surface area contributed by atoms with Crippen LogP contribution in [0.5, 0.6) is 0 Å². The molecule has 0 heterocycles. The van der Waals surface area contributed by atoms with Crippen molar-refractivity contribution in [3.8, 4) is 0 Å². The third kappa shape index (κ3) is 3.71. The Kier molecular flexibility index (Phi) is 7.15. The Morgan fingerprint density at radius 2 is 0.652 bits per heavy atom. The molecule has 0 aromatic heterocycles. The molecule has 2 N–H and O–H groups in total. The normalized spacial score (nSPS) is 18.8. The Hall–Kier alpha value is 2.02. The molecule has 0 saturated heterocycles. The molecule has 2 nitrogen and oxygen atoms in total. The molecule has 0 amide bonds. The van der Waals surface area contributed by atoms with Crippen molar-refractivity contribution in [1.29, 1.82) is 0 Å². The van der Waals surface area contributed by atoms with Crippen LogP contribution in [0.3, 0.4) is 0 Å². The molecule has 0 radical (unpaired) electrons. The first-order chi connectivity index (χ1) is 9.50. The molecule has 0 saturated carbocycles. The predicted molar refractivity (Wildman–Crippen MR) is 112 cm³/mol. The van der Waals surface area contributed by atoms with Gasteiger partial charge in [0, 0.05) is 0 Å². The molecule has 0 spiro atoms. The molecule has 0 rings (SSSR count). The van der Waals surface area contributed by atoms with Crippen LogP contribution in [0.15, 0.2) is 0 Å². The van der Waals surface area contributed by atoms with Crippen molar-refractivity contribution in [2.45, 2.75) is 104 Å². The van der Waals surface area contributed by atoms with Crippen LogP contribution in [0, 0.1) is 0 Å². The average molecular weight is 504 g/mol. The number of halogens is 2. The van der Waals surface area contributed by atoms with Gasteiger partial charge in [0.1, 0.15) is 0 Å². The summed E-state index contributed by atoms with van der Waals surface area (Å²) in [6.45, 7) is 24.3. The van der Waals surface area contributed by atoms with Crippen molar-refractivity contribution in [1.82, 2.24) is 0 Å². The number of hydrogen-bond donors (Lipinski definition) is 2. The molecule has 0 aromatic carbocycles. The molecule has 23 heavy (non-hydrogen) atoms.